The predicted molar refractivity (Wildman–Crippen MR) is 270 cm³/mol. The van der Waals surface area contributed by atoms with Crippen LogP contribution in [0.15, 0.2) is 0 Å². The third kappa shape index (κ3) is 51.3. The van der Waals surface area contributed by atoms with Crippen LogP contribution >= 0.6 is 0 Å². The second-order valence-electron chi connectivity index (χ2n) is 21.0. The van der Waals surface area contributed by atoms with Crippen LogP contribution in [0, 0.1) is 17.8 Å². The number of carbonyl (C=O) groups is 3. The summed E-state index contributed by atoms with van der Waals surface area (Å²) in [4.78, 5) is 38.1. The lowest BCUT2D eigenvalue weighted by Crippen LogP contribution is -2.30. The molecule has 0 aliphatic rings. The number of carbonyl (C=O) groups excluding carboxylic acids is 3. The first kappa shape index (κ1) is 61.4. The molecule has 0 heterocycles. The van der Waals surface area contributed by atoms with Gasteiger partial charge in [-0.2, -0.15) is 0 Å². The zero-order valence-electron chi connectivity index (χ0n) is 43.4. The topological polar surface area (TPSA) is 78.9 Å². The quantitative estimate of drug-likeness (QED) is 0.0344. The van der Waals surface area contributed by atoms with Gasteiger partial charge in [-0.3, -0.25) is 14.4 Å². The van der Waals surface area contributed by atoms with Crippen LogP contribution in [0.5, 0.6) is 0 Å². The number of hydrogen-bond donors (Lipinski definition) is 0. The van der Waals surface area contributed by atoms with E-state index in [1.54, 1.807) is 0 Å². The Morgan fingerprint density at radius 2 is 0.460 bits per heavy atom. The van der Waals surface area contributed by atoms with Crippen molar-refractivity contribution in [2.45, 2.75) is 317 Å². The maximum Gasteiger partial charge on any atom is 0.306 e. The Balaban J connectivity index is 4.29. The Labute approximate surface area is 393 Å². The van der Waals surface area contributed by atoms with E-state index in [1.165, 1.54) is 193 Å². The van der Waals surface area contributed by atoms with Crippen molar-refractivity contribution in [2.24, 2.45) is 17.8 Å². The number of esters is 3. The summed E-state index contributed by atoms with van der Waals surface area (Å²) >= 11 is 0. The minimum atomic E-state index is -0.763. The lowest BCUT2D eigenvalue weighted by atomic mass is 10.0. The Bertz CT molecular complexity index is 976. The molecule has 0 fully saturated rings. The summed E-state index contributed by atoms with van der Waals surface area (Å²) < 4.78 is 16.9. The zero-order chi connectivity index (χ0) is 46.3. The number of ether oxygens (including phenoxy) is 3. The molecule has 1 atom stereocenters. The van der Waals surface area contributed by atoms with Crippen LogP contribution in [-0.4, -0.2) is 37.2 Å². The largest absolute Gasteiger partial charge is 0.462 e. The molecule has 0 N–H and O–H groups in total. The highest BCUT2D eigenvalue weighted by Crippen LogP contribution is 2.18. The van der Waals surface area contributed by atoms with Gasteiger partial charge in [-0.25, -0.2) is 0 Å². The first-order valence-electron chi connectivity index (χ1n) is 28.1. The van der Waals surface area contributed by atoms with E-state index in [0.717, 1.165) is 75.5 Å². The Morgan fingerprint density at radius 1 is 0.270 bits per heavy atom. The Kier molecular flexibility index (Phi) is 47.1. The van der Waals surface area contributed by atoms with E-state index < -0.39 is 6.10 Å². The molecule has 0 aliphatic carbocycles. The SMILES string of the molecule is CC(C)CCCCCCCCCCCCCCCCCC(=O)OC[C@H](COC(=O)CCCCCCCCCCCCC(C)C)OC(=O)CCCCCCCCCCCCCC(C)C. The maximum absolute atomic E-state index is 12.8. The Hall–Kier alpha value is -1.59. The molecule has 0 amide bonds. The van der Waals surface area contributed by atoms with Gasteiger partial charge in [-0.05, 0) is 37.0 Å². The van der Waals surface area contributed by atoms with E-state index in [9.17, 15) is 14.4 Å². The van der Waals surface area contributed by atoms with E-state index in [0.29, 0.717) is 19.3 Å². The van der Waals surface area contributed by atoms with Gasteiger partial charge in [0.2, 0.25) is 0 Å². The summed E-state index contributed by atoms with van der Waals surface area (Å²) in [5.74, 6) is 1.65. The average Bonchev–Trinajstić information content (AvgIpc) is 3.24. The molecule has 6 nitrogen and oxygen atoms in total. The van der Waals surface area contributed by atoms with Crippen molar-refractivity contribution in [3.8, 4) is 0 Å². The van der Waals surface area contributed by atoms with Crippen LogP contribution in [0.1, 0.15) is 311 Å². The first-order chi connectivity index (χ1) is 30.6. The summed E-state index contributed by atoms with van der Waals surface area (Å²) in [6.45, 7) is 13.7. The fourth-order valence-electron chi connectivity index (χ4n) is 8.65. The molecule has 0 aromatic carbocycles. The third-order valence-corrected chi connectivity index (χ3v) is 12.9. The van der Waals surface area contributed by atoms with Crippen molar-refractivity contribution in [1.82, 2.24) is 0 Å². The molecule has 0 rings (SSSR count). The summed E-state index contributed by atoms with van der Waals surface area (Å²) in [7, 11) is 0. The van der Waals surface area contributed by atoms with E-state index >= 15 is 0 Å². The van der Waals surface area contributed by atoms with Gasteiger partial charge in [0.05, 0.1) is 0 Å². The molecule has 0 saturated carbocycles. The highest BCUT2D eigenvalue weighted by molar-refractivity contribution is 5.71. The second kappa shape index (κ2) is 48.3. The molecule has 0 aliphatic heterocycles. The number of unbranched alkanes of at least 4 members (excludes halogenated alkanes) is 33. The van der Waals surface area contributed by atoms with Crippen LogP contribution in [0.2, 0.25) is 0 Å². The molecule has 0 spiro atoms. The van der Waals surface area contributed by atoms with E-state index in [-0.39, 0.29) is 31.1 Å². The van der Waals surface area contributed by atoms with Gasteiger partial charge < -0.3 is 14.2 Å². The molecule has 374 valence electrons. The van der Waals surface area contributed by atoms with Crippen LogP contribution in [-0.2, 0) is 28.6 Å². The minimum Gasteiger partial charge on any atom is -0.462 e. The number of hydrogen-bond acceptors (Lipinski definition) is 6. The summed E-state index contributed by atoms with van der Waals surface area (Å²) in [5, 5.41) is 0. The van der Waals surface area contributed by atoms with Gasteiger partial charge in [-0.1, -0.05) is 273 Å². The smallest absolute Gasteiger partial charge is 0.306 e. The molecule has 0 saturated heterocycles. The van der Waals surface area contributed by atoms with Crippen LogP contribution < -0.4 is 0 Å². The summed E-state index contributed by atoms with van der Waals surface area (Å²) in [5.41, 5.74) is 0. The Morgan fingerprint density at radius 3 is 0.683 bits per heavy atom. The van der Waals surface area contributed by atoms with Crippen molar-refractivity contribution in [1.29, 1.82) is 0 Å². The highest BCUT2D eigenvalue weighted by atomic mass is 16.6. The van der Waals surface area contributed by atoms with Crippen molar-refractivity contribution in [3.63, 3.8) is 0 Å². The van der Waals surface area contributed by atoms with Crippen molar-refractivity contribution < 1.29 is 28.6 Å². The number of rotatable bonds is 50. The molecular weight excluding hydrogens is 781 g/mol. The fourth-order valence-corrected chi connectivity index (χ4v) is 8.65. The normalized spacial score (nSPS) is 12.1. The first-order valence-corrected chi connectivity index (χ1v) is 28.1. The van der Waals surface area contributed by atoms with Crippen molar-refractivity contribution >= 4 is 17.9 Å². The lowest BCUT2D eigenvalue weighted by molar-refractivity contribution is -0.167. The van der Waals surface area contributed by atoms with Gasteiger partial charge in [0.25, 0.3) is 0 Å². The predicted octanol–water partition coefficient (Wildman–Crippen LogP) is 18.3. The molecule has 0 unspecified atom stereocenters. The minimum absolute atomic E-state index is 0.0639. The standard InChI is InChI=1S/C57H110O6/c1-51(2)43-37-31-25-19-13-10-8-7-9-11-15-22-28-34-40-46-55(58)61-49-54(50-62-56(59)47-41-35-29-23-18-17-21-27-33-39-45-53(5)6)63-57(60)48-42-36-30-24-16-12-14-20-26-32-38-44-52(3)4/h51-54H,7-50H2,1-6H3/t54-/m1/s1. The molecular formula is C57H110O6. The molecule has 0 bridgehead atoms. The van der Waals surface area contributed by atoms with Crippen molar-refractivity contribution in [3.05, 3.63) is 0 Å². The zero-order valence-corrected chi connectivity index (χ0v) is 43.4. The van der Waals surface area contributed by atoms with E-state index in [4.69, 9.17) is 14.2 Å². The second-order valence-corrected chi connectivity index (χ2v) is 21.0. The van der Waals surface area contributed by atoms with Gasteiger partial charge in [0.15, 0.2) is 6.10 Å². The van der Waals surface area contributed by atoms with Gasteiger partial charge >= 0.3 is 17.9 Å². The molecule has 63 heavy (non-hydrogen) atoms. The van der Waals surface area contributed by atoms with Crippen molar-refractivity contribution in [2.75, 3.05) is 13.2 Å². The maximum atomic E-state index is 12.8. The van der Waals surface area contributed by atoms with Crippen LogP contribution in [0.25, 0.3) is 0 Å². The molecule has 0 aromatic heterocycles. The van der Waals surface area contributed by atoms with E-state index in [1.807, 2.05) is 0 Å². The molecule has 0 radical (unpaired) electrons. The summed E-state index contributed by atoms with van der Waals surface area (Å²) in [6, 6.07) is 0. The highest BCUT2D eigenvalue weighted by Gasteiger charge is 2.19. The fraction of sp³-hybridized carbons (Fsp3) is 0.947. The van der Waals surface area contributed by atoms with Gasteiger partial charge in [0.1, 0.15) is 13.2 Å². The summed E-state index contributed by atoms with van der Waals surface area (Å²) in [6.07, 6.45) is 49.5. The monoisotopic (exact) mass is 891 g/mol. The van der Waals surface area contributed by atoms with Crippen LogP contribution in [0.3, 0.4) is 0 Å². The molecule has 0 aromatic rings. The lowest BCUT2D eigenvalue weighted by Gasteiger charge is -2.18. The van der Waals surface area contributed by atoms with Gasteiger partial charge in [-0.15, -0.1) is 0 Å². The van der Waals surface area contributed by atoms with Crippen LogP contribution in [0.4, 0.5) is 0 Å². The van der Waals surface area contributed by atoms with Gasteiger partial charge in [0, 0.05) is 19.3 Å². The average molecular weight is 892 g/mol. The van der Waals surface area contributed by atoms with E-state index in [2.05, 4.69) is 41.5 Å². The molecule has 6 heteroatoms. The third-order valence-electron chi connectivity index (χ3n) is 12.9.